The van der Waals surface area contributed by atoms with Crippen LogP contribution in [0.2, 0.25) is 5.02 Å². The highest BCUT2D eigenvalue weighted by Crippen LogP contribution is 2.42. The Morgan fingerprint density at radius 1 is 0.971 bits per heavy atom. The molecule has 0 aliphatic carbocycles. The standard InChI is InChI=1S/C25H20ClFN4O4/c26-19-14-16-17(13-18(19)22-20(27)7-4-8-21(22)32)24(35-15-5-2-1-3-6-15)29-28-23(16)30-9-11-31(12-10-30)25(33)34/h1-8,13-14,32H,9-12H2,(H,33,34). The lowest BCUT2D eigenvalue weighted by Gasteiger charge is -2.34. The van der Waals surface area contributed by atoms with Gasteiger partial charge in [-0.05, 0) is 36.4 Å². The topological polar surface area (TPSA) is 99.0 Å². The van der Waals surface area contributed by atoms with E-state index in [-0.39, 0.29) is 27.8 Å². The van der Waals surface area contributed by atoms with E-state index in [9.17, 15) is 19.4 Å². The molecule has 8 nitrogen and oxygen atoms in total. The number of phenols is 1. The van der Waals surface area contributed by atoms with Crippen LogP contribution in [0.4, 0.5) is 15.0 Å². The van der Waals surface area contributed by atoms with Crippen LogP contribution in [0.1, 0.15) is 0 Å². The molecule has 1 fully saturated rings. The molecule has 0 unspecified atom stereocenters. The molecule has 1 aliphatic rings. The summed E-state index contributed by atoms with van der Waals surface area (Å²) in [6.45, 7) is 1.47. The SMILES string of the molecule is O=C(O)N1CCN(c2nnc(Oc3ccccc3)c3cc(-c4c(O)cccc4F)c(Cl)cc23)CC1. The molecule has 35 heavy (non-hydrogen) atoms. The van der Waals surface area contributed by atoms with Crippen LogP contribution in [-0.4, -0.2) is 57.6 Å². The van der Waals surface area contributed by atoms with E-state index >= 15 is 0 Å². The van der Waals surface area contributed by atoms with Gasteiger partial charge in [0.15, 0.2) is 5.82 Å². The summed E-state index contributed by atoms with van der Waals surface area (Å²) in [6, 6.07) is 16.3. The van der Waals surface area contributed by atoms with Crippen molar-refractivity contribution in [3.63, 3.8) is 0 Å². The number of hydrogen-bond acceptors (Lipinski definition) is 6. The maximum Gasteiger partial charge on any atom is 0.407 e. The molecule has 0 atom stereocenters. The summed E-state index contributed by atoms with van der Waals surface area (Å²) in [7, 11) is 0. The molecular formula is C25H20ClFN4O4. The van der Waals surface area contributed by atoms with Crippen molar-refractivity contribution in [2.45, 2.75) is 0 Å². The molecule has 1 aliphatic heterocycles. The number of amides is 1. The van der Waals surface area contributed by atoms with Crippen LogP contribution < -0.4 is 9.64 Å². The predicted octanol–water partition coefficient (Wildman–Crippen LogP) is 5.39. The molecule has 0 spiro atoms. The van der Waals surface area contributed by atoms with E-state index in [2.05, 4.69) is 10.2 Å². The Balaban J connectivity index is 1.66. The fourth-order valence-electron chi connectivity index (χ4n) is 4.13. The number of fused-ring (bicyclic) bond motifs is 1. The third kappa shape index (κ3) is 4.38. The van der Waals surface area contributed by atoms with Crippen molar-refractivity contribution in [2.24, 2.45) is 0 Å². The molecular weight excluding hydrogens is 475 g/mol. The van der Waals surface area contributed by atoms with E-state index in [1.54, 1.807) is 24.3 Å². The third-order valence-electron chi connectivity index (χ3n) is 5.88. The van der Waals surface area contributed by atoms with Gasteiger partial charge in [-0.1, -0.05) is 35.9 Å². The number of nitrogens with zero attached hydrogens (tertiary/aromatic N) is 4. The molecule has 178 valence electrons. The van der Waals surface area contributed by atoms with Gasteiger partial charge in [-0.15, -0.1) is 10.2 Å². The first kappa shape index (κ1) is 22.7. The third-order valence-corrected chi connectivity index (χ3v) is 6.20. The lowest BCUT2D eigenvalue weighted by molar-refractivity contribution is 0.142. The Bertz CT molecular complexity index is 1390. The summed E-state index contributed by atoms with van der Waals surface area (Å²) in [6.07, 6.45) is -0.968. The van der Waals surface area contributed by atoms with Crippen molar-refractivity contribution in [1.29, 1.82) is 0 Å². The van der Waals surface area contributed by atoms with Gasteiger partial charge in [-0.3, -0.25) is 0 Å². The van der Waals surface area contributed by atoms with Gasteiger partial charge in [0.05, 0.1) is 10.9 Å². The zero-order valence-electron chi connectivity index (χ0n) is 18.4. The highest BCUT2D eigenvalue weighted by Gasteiger charge is 2.25. The second kappa shape index (κ2) is 9.27. The first-order valence-corrected chi connectivity index (χ1v) is 11.2. The van der Waals surface area contributed by atoms with Crippen molar-refractivity contribution in [3.05, 3.63) is 71.5 Å². The summed E-state index contributed by atoms with van der Waals surface area (Å²) >= 11 is 6.60. The Labute approximate surface area is 204 Å². The van der Waals surface area contributed by atoms with E-state index in [1.807, 2.05) is 23.1 Å². The number of aromatic hydroxyl groups is 1. The van der Waals surface area contributed by atoms with Crippen molar-refractivity contribution >= 4 is 34.3 Å². The molecule has 2 heterocycles. The second-order valence-electron chi connectivity index (χ2n) is 8.01. The van der Waals surface area contributed by atoms with Gasteiger partial charge in [0.1, 0.15) is 17.3 Å². The van der Waals surface area contributed by atoms with E-state index in [0.717, 1.165) is 0 Å². The number of rotatable bonds is 4. The fourth-order valence-corrected chi connectivity index (χ4v) is 4.38. The van der Waals surface area contributed by atoms with Crippen LogP contribution in [0.5, 0.6) is 17.4 Å². The molecule has 3 aromatic carbocycles. The van der Waals surface area contributed by atoms with Crippen molar-refractivity contribution in [3.8, 4) is 28.5 Å². The molecule has 1 aromatic heterocycles. The number of para-hydroxylation sites is 1. The monoisotopic (exact) mass is 494 g/mol. The lowest BCUT2D eigenvalue weighted by atomic mass is 10.00. The van der Waals surface area contributed by atoms with E-state index in [0.29, 0.717) is 48.5 Å². The van der Waals surface area contributed by atoms with Crippen LogP contribution in [0.15, 0.2) is 60.7 Å². The number of carbonyl (C=O) groups is 1. The van der Waals surface area contributed by atoms with Gasteiger partial charge in [-0.2, -0.15) is 0 Å². The van der Waals surface area contributed by atoms with E-state index < -0.39 is 11.9 Å². The summed E-state index contributed by atoms with van der Waals surface area (Å²) in [4.78, 5) is 14.6. The minimum Gasteiger partial charge on any atom is -0.507 e. The minimum atomic E-state index is -0.968. The number of ether oxygens (including phenoxy) is 1. The van der Waals surface area contributed by atoms with Crippen LogP contribution >= 0.6 is 11.6 Å². The zero-order chi connectivity index (χ0) is 24.5. The number of aromatic nitrogens is 2. The van der Waals surface area contributed by atoms with Crippen LogP contribution in [0.25, 0.3) is 21.9 Å². The summed E-state index contributed by atoms with van der Waals surface area (Å²) < 4.78 is 20.7. The van der Waals surface area contributed by atoms with Crippen molar-refractivity contribution < 1.29 is 24.1 Å². The van der Waals surface area contributed by atoms with Gasteiger partial charge < -0.3 is 24.7 Å². The summed E-state index contributed by atoms with van der Waals surface area (Å²) in [5.41, 5.74) is 0.251. The summed E-state index contributed by atoms with van der Waals surface area (Å²) in [5.74, 6) is 0.369. The van der Waals surface area contributed by atoms with Crippen LogP contribution in [0.3, 0.4) is 0 Å². The Kier molecular flexibility index (Phi) is 6.00. The number of phenolic OH excluding ortho intramolecular Hbond substituents is 1. The number of piperazine rings is 1. The summed E-state index contributed by atoms with van der Waals surface area (Å²) in [5, 5.41) is 29.6. The number of anilines is 1. The molecule has 10 heteroatoms. The number of carboxylic acid groups (broad SMARTS) is 1. The van der Waals surface area contributed by atoms with Gasteiger partial charge in [0, 0.05) is 42.2 Å². The minimum absolute atomic E-state index is 0.0292. The number of halogens is 2. The van der Waals surface area contributed by atoms with Gasteiger partial charge in [0.25, 0.3) is 0 Å². The predicted molar refractivity (Wildman–Crippen MR) is 130 cm³/mol. The second-order valence-corrected chi connectivity index (χ2v) is 8.42. The van der Waals surface area contributed by atoms with E-state index in [1.165, 1.54) is 23.1 Å². The van der Waals surface area contributed by atoms with Gasteiger partial charge in [-0.25, -0.2) is 9.18 Å². The largest absolute Gasteiger partial charge is 0.507 e. The quantitative estimate of drug-likeness (QED) is 0.392. The fraction of sp³-hybridized carbons (Fsp3) is 0.160. The van der Waals surface area contributed by atoms with Crippen molar-refractivity contribution in [2.75, 3.05) is 31.1 Å². The zero-order valence-corrected chi connectivity index (χ0v) is 19.1. The maximum absolute atomic E-state index is 14.7. The van der Waals surface area contributed by atoms with Crippen LogP contribution in [0, 0.1) is 5.82 Å². The molecule has 5 rings (SSSR count). The first-order chi connectivity index (χ1) is 16.9. The molecule has 0 radical (unpaired) electrons. The Hall–Kier alpha value is -4.11. The van der Waals surface area contributed by atoms with Gasteiger partial charge >= 0.3 is 6.09 Å². The smallest absolute Gasteiger partial charge is 0.407 e. The first-order valence-electron chi connectivity index (χ1n) is 10.9. The Morgan fingerprint density at radius 3 is 2.40 bits per heavy atom. The van der Waals surface area contributed by atoms with E-state index in [4.69, 9.17) is 16.3 Å². The number of benzene rings is 3. The average molecular weight is 495 g/mol. The maximum atomic E-state index is 14.7. The molecule has 1 saturated heterocycles. The number of hydrogen-bond donors (Lipinski definition) is 2. The van der Waals surface area contributed by atoms with Gasteiger partial charge in [0.2, 0.25) is 5.88 Å². The molecule has 4 aromatic rings. The highest BCUT2D eigenvalue weighted by atomic mass is 35.5. The van der Waals surface area contributed by atoms with Crippen molar-refractivity contribution in [1.82, 2.24) is 15.1 Å². The highest BCUT2D eigenvalue weighted by molar-refractivity contribution is 6.34. The lowest BCUT2D eigenvalue weighted by Crippen LogP contribution is -2.48. The normalized spacial score (nSPS) is 13.8. The van der Waals surface area contributed by atoms with Crippen LogP contribution in [-0.2, 0) is 0 Å². The average Bonchev–Trinajstić information content (AvgIpc) is 2.85. The Morgan fingerprint density at radius 2 is 1.71 bits per heavy atom. The molecule has 0 bridgehead atoms. The molecule has 2 N–H and O–H groups in total. The molecule has 1 amide bonds. The molecule has 0 saturated carbocycles.